The second kappa shape index (κ2) is 6.70. The van der Waals surface area contributed by atoms with Crippen molar-refractivity contribution in [3.8, 4) is 11.6 Å². The fourth-order valence-electron chi connectivity index (χ4n) is 1.41. The minimum absolute atomic E-state index is 0.379. The summed E-state index contributed by atoms with van der Waals surface area (Å²) in [5, 5.41) is 4.20. The molecule has 2 aromatic rings. The minimum atomic E-state index is 0.379. The van der Waals surface area contributed by atoms with E-state index < -0.39 is 0 Å². The fourth-order valence-corrected chi connectivity index (χ4v) is 1.73. The van der Waals surface area contributed by atoms with Crippen LogP contribution in [0.5, 0.6) is 11.6 Å². The number of hydrogen-bond acceptors (Lipinski definition) is 4. The fraction of sp³-hybridized carbons (Fsp3) is 0.231. The van der Waals surface area contributed by atoms with E-state index in [-0.39, 0.29) is 0 Å². The van der Waals surface area contributed by atoms with Gasteiger partial charge in [-0.25, -0.2) is 4.98 Å². The van der Waals surface area contributed by atoms with Crippen LogP contribution in [0.1, 0.15) is 12.6 Å². The second-order valence-electron chi connectivity index (χ2n) is 3.80. The van der Waals surface area contributed by atoms with E-state index >= 15 is 0 Å². The molecule has 100 valence electrons. The molecule has 1 aromatic heterocycles. The molecule has 0 aliphatic carbocycles. The van der Waals surface area contributed by atoms with Crippen LogP contribution in [0.25, 0.3) is 0 Å². The molecule has 0 atom stereocenters. The number of rotatable bonds is 5. The Balaban J connectivity index is 2.08. The lowest BCUT2D eigenvalue weighted by Gasteiger charge is -2.07. The van der Waals surface area contributed by atoms with Gasteiger partial charge in [-0.1, -0.05) is 30.1 Å². The number of ether oxygens (including phenoxy) is 1. The molecule has 0 bridgehead atoms. The minimum Gasteiger partial charge on any atom is -0.436 e. The summed E-state index contributed by atoms with van der Waals surface area (Å²) in [7, 11) is 0. The van der Waals surface area contributed by atoms with Gasteiger partial charge >= 0.3 is 0 Å². The lowest BCUT2D eigenvalue weighted by atomic mass is 10.3. The van der Waals surface area contributed by atoms with E-state index in [1.807, 2.05) is 6.92 Å². The molecule has 2 rings (SSSR count). The van der Waals surface area contributed by atoms with Gasteiger partial charge in [0.05, 0.1) is 23.1 Å². The maximum Gasteiger partial charge on any atom is 0.237 e. The van der Waals surface area contributed by atoms with E-state index in [0.29, 0.717) is 28.2 Å². The summed E-state index contributed by atoms with van der Waals surface area (Å²) in [6.45, 7) is 3.60. The Morgan fingerprint density at radius 2 is 2.05 bits per heavy atom. The molecule has 19 heavy (non-hydrogen) atoms. The largest absolute Gasteiger partial charge is 0.436 e. The average molecular weight is 298 g/mol. The normalized spacial score (nSPS) is 10.5. The summed E-state index contributed by atoms with van der Waals surface area (Å²) < 4.78 is 5.54. The lowest BCUT2D eigenvalue weighted by molar-refractivity contribution is 0.459. The highest BCUT2D eigenvalue weighted by atomic mass is 35.5. The highest BCUT2D eigenvalue weighted by Crippen LogP contribution is 2.30. The van der Waals surface area contributed by atoms with E-state index in [1.54, 1.807) is 30.6 Å². The van der Waals surface area contributed by atoms with Gasteiger partial charge in [0.2, 0.25) is 5.88 Å². The summed E-state index contributed by atoms with van der Waals surface area (Å²) >= 11 is 11.9. The first-order chi connectivity index (χ1) is 9.19. The van der Waals surface area contributed by atoms with Crippen molar-refractivity contribution in [2.24, 2.45) is 0 Å². The molecule has 1 heterocycles. The Bertz CT molecular complexity index is 546. The third-order valence-electron chi connectivity index (χ3n) is 2.35. The third kappa shape index (κ3) is 4.06. The van der Waals surface area contributed by atoms with Gasteiger partial charge in [-0.2, -0.15) is 0 Å². The molecule has 0 aliphatic rings. The van der Waals surface area contributed by atoms with Crippen LogP contribution in [0.15, 0.2) is 30.6 Å². The van der Waals surface area contributed by atoms with Crippen molar-refractivity contribution in [1.29, 1.82) is 0 Å². The zero-order valence-electron chi connectivity index (χ0n) is 10.4. The number of halogens is 2. The maximum absolute atomic E-state index is 6.00. The number of benzene rings is 1. The number of aromatic nitrogens is 2. The summed E-state index contributed by atoms with van der Waals surface area (Å²) in [4.78, 5) is 8.41. The molecule has 1 aromatic carbocycles. The van der Waals surface area contributed by atoms with Crippen LogP contribution in [0.3, 0.4) is 0 Å². The molecule has 4 nitrogen and oxygen atoms in total. The first kappa shape index (κ1) is 14.1. The van der Waals surface area contributed by atoms with Crippen LogP contribution >= 0.6 is 23.2 Å². The van der Waals surface area contributed by atoms with Crippen molar-refractivity contribution in [2.45, 2.75) is 13.5 Å². The predicted octanol–water partition coefficient (Wildman–Crippen LogP) is 3.69. The van der Waals surface area contributed by atoms with Gasteiger partial charge in [0.25, 0.3) is 0 Å². The van der Waals surface area contributed by atoms with Gasteiger partial charge in [-0.15, -0.1) is 0 Å². The van der Waals surface area contributed by atoms with Crippen LogP contribution < -0.4 is 10.1 Å². The summed E-state index contributed by atoms with van der Waals surface area (Å²) in [6.07, 6.45) is 3.22. The number of nitrogens with one attached hydrogen (secondary N) is 1. The molecule has 6 heteroatoms. The van der Waals surface area contributed by atoms with E-state index in [9.17, 15) is 0 Å². The zero-order chi connectivity index (χ0) is 13.7. The molecule has 1 N–H and O–H groups in total. The van der Waals surface area contributed by atoms with Crippen molar-refractivity contribution in [2.75, 3.05) is 6.54 Å². The van der Waals surface area contributed by atoms with Gasteiger partial charge < -0.3 is 10.1 Å². The molecule has 0 saturated heterocycles. The van der Waals surface area contributed by atoms with E-state index in [0.717, 1.165) is 12.2 Å². The van der Waals surface area contributed by atoms with Crippen molar-refractivity contribution < 1.29 is 4.74 Å². The van der Waals surface area contributed by atoms with Crippen LogP contribution in [0.2, 0.25) is 10.0 Å². The van der Waals surface area contributed by atoms with Crippen molar-refractivity contribution in [3.05, 3.63) is 46.3 Å². The van der Waals surface area contributed by atoms with Crippen LogP contribution in [0, 0.1) is 0 Å². The first-order valence-corrected chi connectivity index (χ1v) is 6.59. The molecule has 0 aliphatic heterocycles. The Morgan fingerprint density at radius 1 is 1.21 bits per heavy atom. The smallest absolute Gasteiger partial charge is 0.237 e. The zero-order valence-corrected chi connectivity index (χ0v) is 11.9. The molecule has 0 unspecified atom stereocenters. The molecule has 0 saturated carbocycles. The van der Waals surface area contributed by atoms with Gasteiger partial charge in [0, 0.05) is 17.6 Å². The summed E-state index contributed by atoms with van der Waals surface area (Å²) in [5.74, 6) is 0.840. The highest BCUT2D eigenvalue weighted by Gasteiger charge is 2.05. The third-order valence-corrected chi connectivity index (χ3v) is 2.89. The number of hydrogen-bond donors (Lipinski definition) is 1. The van der Waals surface area contributed by atoms with Gasteiger partial charge in [0.15, 0.2) is 0 Å². The van der Waals surface area contributed by atoms with Gasteiger partial charge in [-0.3, -0.25) is 4.98 Å². The second-order valence-corrected chi connectivity index (χ2v) is 4.65. The Kier molecular flexibility index (Phi) is 4.96. The predicted molar refractivity (Wildman–Crippen MR) is 75.9 cm³/mol. The monoisotopic (exact) mass is 297 g/mol. The Morgan fingerprint density at radius 3 is 2.74 bits per heavy atom. The van der Waals surface area contributed by atoms with Crippen LogP contribution in [-0.2, 0) is 6.54 Å². The molecular formula is C13H13Cl2N3O. The van der Waals surface area contributed by atoms with E-state index in [4.69, 9.17) is 27.9 Å². The number of nitrogens with zero attached hydrogens (tertiary/aromatic N) is 2. The summed E-state index contributed by atoms with van der Waals surface area (Å²) in [5.41, 5.74) is 0.853. The summed E-state index contributed by atoms with van der Waals surface area (Å²) in [6, 6.07) is 5.01. The molecule has 0 radical (unpaired) electrons. The standard InChI is InChI=1S/C13H13Cl2N3O/c1-2-16-6-10-7-18-13(8-17-10)19-12-5-9(14)3-4-11(12)15/h3-5,7-8,16H,2,6H2,1H3. The lowest BCUT2D eigenvalue weighted by Crippen LogP contribution is -2.13. The Labute approximate surface area is 121 Å². The SMILES string of the molecule is CCNCc1cnc(Oc2cc(Cl)ccc2Cl)cn1. The molecule has 0 amide bonds. The average Bonchev–Trinajstić information content (AvgIpc) is 2.42. The van der Waals surface area contributed by atoms with Crippen molar-refractivity contribution >= 4 is 23.2 Å². The molecule has 0 spiro atoms. The van der Waals surface area contributed by atoms with Gasteiger partial charge in [0.1, 0.15) is 5.75 Å². The van der Waals surface area contributed by atoms with Crippen LogP contribution in [0.4, 0.5) is 0 Å². The van der Waals surface area contributed by atoms with Crippen molar-refractivity contribution in [1.82, 2.24) is 15.3 Å². The topological polar surface area (TPSA) is 47.0 Å². The molecule has 0 fully saturated rings. The van der Waals surface area contributed by atoms with Crippen LogP contribution in [-0.4, -0.2) is 16.5 Å². The molecular weight excluding hydrogens is 285 g/mol. The quantitative estimate of drug-likeness (QED) is 0.914. The van der Waals surface area contributed by atoms with Gasteiger partial charge in [-0.05, 0) is 18.7 Å². The van der Waals surface area contributed by atoms with Crippen molar-refractivity contribution in [3.63, 3.8) is 0 Å². The van der Waals surface area contributed by atoms with E-state index in [2.05, 4.69) is 15.3 Å². The first-order valence-electron chi connectivity index (χ1n) is 5.83. The van der Waals surface area contributed by atoms with E-state index in [1.165, 1.54) is 0 Å². The maximum atomic E-state index is 6.00. The highest BCUT2D eigenvalue weighted by molar-refractivity contribution is 6.34. The Hall–Kier alpha value is -1.36.